The topological polar surface area (TPSA) is 49.9 Å². The SMILES string of the molecule is O=S(=O)(C1CC1)N1CCOCC2(CCN(Cc3cccs3)C2)C1. The third kappa shape index (κ3) is 3.35. The molecule has 0 bridgehead atoms. The Morgan fingerprint density at radius 2 is 2.17 bits per heavy atom. The zero-order chi connectivity index (χ0) is 15.9. The number of ether oxygens (including phenoxy) is 1. The average Bonchev–Trinajstić information content (AvgIpc) is 3.20. The molecule has 0 N–H and O–H groups in total. The van der Waals surface area contributed by atoms with E-state index in [-0.39, 0.29) is 10.7 Å². The molecule has 3 heterocycles. The van der Waals surface area contributed by atoms with Crippen LogP contribution in [0, 0.1) is 5.41 Å². The van der Waals surface area contributed by atoms with Gasteiger partial charge in [0.1, 0.15) is 0 Å². The first-order valence-corrected chi connectivity index (χ1v) is 10.8. The van der Waals surface area contributed by atoms with E-state index in [9.17, 15) is 8.42 Å². The zero-order valence-corrected chi connectivity index (χ0v) is 14.9. The van der Waals surface area contributed by atoms with E-state index in [2.05, 4.69) is 22.4 Å². The highest BCUT2D eigenvalue weighted by atomic mass is 32.2. The fraction of sp³-hybridized carbons (Fsp3) is 0.750. The molecule has 0 aromatic carbocycles. The second kappa shape index (κ2) is 6.11. The quantitative estimate of drug-likeness (QED) is 0.825. The minimum atomic E-state index is -3.11. The Balaban J connectivity index is 1.46. The Bertz CT molecular complexity index is 642. The number of rotatable bonds is 4. The minimum absolute atomic E-state index is 0.0320. The molecule has 7 heteroatoms. The number of hydrogen-bond acceptors (Lipinski definition) is 5. The highest BCUT2D eigenvalue weighted by molar-refractivity contribution is 7.90. The van der Waals surface area contributed by atoms with E-state index < -0.39 is 10.0 Å². The van der Waals surface area contributed by atoms with Gasteiger partial charge >= 0.3 is 0 Å². The minimum Gasteiger partial charge on any atom is -0.379 e. The molecule has 23 heavy (non-hydrogen) atoms. The van der Waals surface area contributed by atoms with E-state index in [1.165, 1.54) is 4.88 Å². The summed E-state index contributed by atoms with van der Waals surface area (Å²) in [6, 6.07) is 4.26. The van der Waals surface area contributed by atoms with Gasteiger partial charge in [-0.25, -0.2) is 8.42 Å². The summed E-state index contributed by atoms with van der Waals surface area (Å²) in [4.78, 5) is 3.82. The van der Waals surface area contributed by atoms with E-state index in [0.717, 1.165) is 38.9 Å². The van der Waals surface area contributed by atoms with Crippen LogP contribution in [0.2, 0.25) is 0 Å². The van der Waals surface area contributed by atoms with Gasteiger partial charge in [0.2, 0.25) is 10.0 Å². The summed E-state index contributed by atoms with van der Waals surface area (Å²) in [7, 11) is -3.11. The summed E-state index contributed by atoms with van der Waals surface area (Å²) >= 11 is 1.79. The molecule has 1 saturated carbocycles. The first-order valence-electron chi connectivity index (χ1n) is 8.39. The highest BCUT2D eigenvalue weighted by Gasteiger charge is 2.47. The maximum absolute atomic E-state index is 12.6. The zero-order valence-electron chi connectivity index (χ0n) is 13.3. The molecule has 1 atom stereocenters. The number of likely N-dealkylation sites (tertiary alicyclic amines) is 1. The van der Waals surface area contributed by atoms with Crippen molar-refractivity contribution >= 4 is 21.4 Å². The van der Waals surface area contributed by atoms with Crippen molar-refractivity contribution in [1.29, 1.82) is 0 Å². The van der Waals surface area contributed by atoms with Crippen molar-refractivity contribution in [3.63, 3.8) is 0 Å². The summed E-state index contributed by atoms with van der Waals surface area (Å²) in [6.07, 6.45) is 2.68. The van der Waals surface area contributed by atoms with Crippen LogP contribution in [0.1, 0.15) is 24.1 Å². The lowest BCUT2D eigenvalue weighted by Gasteiger charge is -2.31. The van der Waals surface area contributed by atoms with Crippen molar-refractivity contribution < 1.29 is 13.2 Å². The summed E-state index contributed by atoms with van der Waals surface area (Å²) in [5.74, 6) is 0. The largest absolute Gasteiger partial charge is 0.379 e. The van der Waals surface area contributed by atoms with E-state index in [0.29, 0.717) is 26.3 Å². The fourth-order valence-electron chi connectivity index (χ4n) is 3.78. The Hall–Kier alpha value is -0.470. The monoisotopic (exact) mass is 356 g/mol. The summed E-state index contributed by atoms with van der Waals surface area (Å²) < 4.78 is 32.8. The normalized spacial score (nSPS) is 30.8. The predicted molar refractivity (Wildman–Crippen MR) is 91.0 cm³/mol. The van der Waals surface area contributed by atoms with Gasteiger partial charge in [0.25, 0.3) is 0 Å². The van der Waals surface area contributed by atoms with Crippen molar-refractivity contribution in [2.75, 3.05) is 39.4 Å². The van der Waals surface area contributed by atoms with Crippen LogP contribution in [0.5, 0.6) is 0 Å². The smallest absolute Gasteiger partial charge is 0.217 e. The third-order valence-electron chi connectivity index (χ3n) is 5.19. The maximum Gasteiger partial charge on any atom is 0.217 e. The molecule has 1 spiro atoms. The molecule has 4 rings (SSSR count). The first-order chi connectivity index (χ1) is 11.1. The first kappa shape index (κ1) is 16.0. The van der Waals surface area contributed by atoms with E-state index in [4.69, 9.17) is 4.74 Å². The van der Waals surface area contributed by atoms with Crippen LogP contribution in [0.4, 0.5) is 0 Å². The van der Waals surface area contributed by atoms with Crippen LogP contribution in [0.15, 0.2) is 17.5 Å². The summed E-state index contributed by atoms with van der Waals surface area (Å²) in [5, 5.41) is 1.99. The molecule has 1 unspecified atom stereocenters. The van der Waals surface area contributed by atoms with Crippen molar-refractivity contribution in [2.24, 2.45) is 5.41 Å². The molecule has 5 nitrogen and oxygen atoms in total. The molecular formula is C16H24N2O3S2. The van der Waals surface area contributed by atoms with Gasteiger partial charge in [0.05, 0.1) is 18.5 Å². The summed E-state index contributed by atoms with van der Waals surface area (Å²) in [5.41, 5.74) is -0.0320. The molecule has 3 fully saturated rings. The van der Waals surface area contributed by atoms with Crippen LogP contribution in [-0.4, -0.2) is 62.3 Å². The van der Waals surface area contributed by atoms with Gasteiger partial charge < -0.3 is 4.74 Å². The molecule has 3 aliphatic rings. The van der Waals surface area contributed by atoms with Gasteiger partial charge in [-0.15, -0.1) is 11.3 Å². The number of sulfonamides is 1. The highest BCUT2D eigenvalue weighted by Crippen LogP contribution is 2.38. The number of nitrogens with zero attached hydrogens (tertiary/aromatic N) is 2. The van der Waals surface area contributed by atoms with Crippen LogP contribution in [0.25, 0.3) is 0 Å². The van der Waals surface area contributed by atoms with Crippen LogP contribution in [-0.2, 0) is 21.3 Å². The van der Waals surface area contributed by atoms with Gasteiger partial charge in [-0.1, -0.05) is 6.07 Å². The summed E-state index contributed by atoms with van der Waals surface area (Å²) in [6.45, 7) is 5.29. The Morgan fingerprint density at radius 1 is 1.30 bits per heavy atom. The molecule has 0 amide bonds. The molecule has 128 valence electrons. The molecule has 1 aliphatic carbocycles. The van der Waals surface area contributed by atoms with Crippen molar-refractivity contribution in [3.8, 4) is 0 Å². The lowest BCUT2D eigenvalue weighted by atomic mass is 9.88. The average molecular weight is 357 g/mol. The molecular weight excluding hydrogens is 332 g/mol. The van der Waals surface area contributed by atoms with Crippen molar-refractivity contribution in [1.82, 2.24) is 9.21 Å². The van der Waals surface area contributed by atoms with Crippen LogP contribution >= 0.6 is 11.3 Å². The second-order valence-electron chi connectivity index (χ2n) is 7.17. The molecule has 1 aromatic heterocycles. The van der Waals surface area contributed by atoms with Crippen LogP contribution < -0.4 is 0 Å². The number of hydrogen-bond donors (Lipinski definition) is 0. The van der Waals surface area contributed by atoms with Crippen molar-refractivity contribution in [2.45, 2.75) is 31.1 Å². The van der Waals surface area contributed by atoms with Gasteiger partial charge in [0, 0.05) is 36.5 Å². The molecule has 2 saturated heterocycles. The maximum atomic E-state index is 12.6. The fourth-order valence-corrected chi connectivity index (χ4v) is 6.46. The van der Waals surface area contributed by atoms with Gasteiger partial charge in [-0.3, -0.25) is 4.90 Å². The number of thiophene rings is 1. The lowest BCUT2D eigenvalue weighted by molar-refractivity contribution is 0.0722. The Kier molecular flexibility index (Phi) is 4.26. The third-order valence-corrected chi connectivity index (χ3v) is 8.39. The molecule has 0 radical (unpaired) electrons. The van der Waals surface area contributed by atoms with Crippen molar-refractivity contribution in [3.05, 3.63) is 22.4 Å². The van der Waals surface area contributed by atoms with E-state index in [1.807, 2.05) is 0 Å². The van der Waals surface area contributed by atoms with Gasteiger partial charge in [-0.05, 0) is 37.3 Å². The molecule has 1 aromatic rings. The Morgan fingerprint density at radius 3 is 2.91 bits per heavy atom. The van der Waals surface area contributed by atoms with Crippen LogP contribution in [0.3, 0.4) is 0 Å². The second-order valence-corrected chi connectivity index (χ2v) is 10.4. The lowest BCUT2D eigenvalue weighted by Crippen LogP contribution is -2.44. The van der Waals surface area contributed by atoms with Gasteiger partial charge in [0.15, 0.2) is 0 Å². The Labute approximate surface area is 142 Å². The van der Waals surface area contributed by atoms with E-state index >= 15 is 0 Å². The van der Waals surface area contributed by atoms with Gasteiger partial charge in [-0.2, -0.15) is 4.31 Å². The predicted octanol–water partition coefficient (Wildman–Crippen LogP) is 1.76. The van der Waals surface area contributed by atoms with E-state index in [1.54, 1.807) is 15.6 Å². The molecule has 2 aliphatic heterocycles. The standard InChI is InChI=1S/C16H24N2O3S2/c19-23(20,15-3-4-15)18-7-8-21-13-16(12-18)5-6-17(11-16)10-14-2-1-9-22-14/h1-2,9,15H,3-8,10-13H2.